The number of nitrogens with one attached hydrogen (secondary N) is 2. The van der Waals surface area contributed by atoms with Gasteiger partial charge in [-0.15, -0.1) is 11.3 Å². The quantitative estimate of drug-likeness (QED) is 0.808. The number of aryl methyl sites for hydroxylation is 1. The Labute approximate surface area is 111 Å². The van der Waals surface area contributed by atoms with Gasteiger partial charge < -0.3 is 5.32 Å². The molecule has 0 aromatic carbocycles. The van der Waals surface area contributed by atoms with Crippen LogP contribution in [0.15, 0.2) is 0 Å². The highest BCUT2D eigenvalue weighted by Crippen LogP contribution is 2.37. The molecule has 0 saturated heterocycles. The topological polar surface area (TPSA) is 58.2 Å². The number of amides is 2. The molecule has 2 amide bonds. The number of aldehydes is 1. The highest BCUT2D eigenvalue weighted by atomic mass is 32.1. The van der Waals surface area contributed by atoms with Crippen molar-refractivity contribution < 1.29 is 9.59 Å². The van der Waals surface area contributed by atoms with Crippen LogP contribution in [-0.2, 0) is 12.8 Å². The number of hydrogen-bond acceptors (Lipinski definition) is 3. The minimum absolute atomic E-state index is 0.259. The van der Waals surface area contributed by atoms with Crippen molar-refractivity contribution in [3.8, 4) is 0 Å². The summed E-state index contributed by atoms with van der Waals surface area (Å²) >= 11 is 1.52. The Kier molecular flexibility index (Phi) is 3.43. The summed E-state index contributed by atoms with van der Waals surface area (Å²) in [5.41, 5.74) is 1.50. The van der Waals surface area contributed by atoms with Crippen LogP contribution < -0.4 is 10.6 Å². The molecule has 0 unspecified atom stereocenters. The molecule has 2 rings (SSSR count). The maximum atomic E-state index is 11.8. The van der Waals surface area contributed by atoms with Crippen molar-refractivity contribution in [2.24, 2.45) is 0 Å². The summed E-state index contributed by atoms with van der Waals surface area (Å²) in [4.78, 5) is 24.2. The van der Waals surface area contributed by atoms with Crippen LogP contribution >= 0.6 is 11.3 Å². The predicted octanol–water partition coefficient (Wildman–Crippen LogP) is 2.97. The van der Waals surface area contributed by atoms with Crippen LogP contribution in [0.3, 0.4) is 0 Å². The minimum atomic E-state index is -0.286. The third-order valence-electron chi connectivity index (χ3n) is 2.80. The van der Waals surface area contributed by atoms with Crippen LogP contribution in [0, 0.1) is 0 Å². The fraction of sp³-hybridized carbons (Fsp3) is 0.538. The van der Waals surface area contributed by atoms with Crippen molar-refractivity contribution in [2.45, 2.75) is 45.6 Å². The molecule has 5 heteroatoms. The first-order chi connectivity index (χ1) is 8.40. The van der Waals surface area contributed by atoms with Crippen LogP contribution in [0.1, 0.15) is 48.0 Å². The Morgan fingerprint density at radius 3 is 2.67 bits per heavy atom. The van der Waals surface area contributed by atoms with Gasteiger partial charge in [0.05, 0.1) is 5.56 Å². The predicted molar refractivity (Wildman–Crippen MR) is 73.6 cm³/mol. The second-order valence-corrected chi connectivity index (χ2v) is 6.65. The smallest absolute Gasteiger partial charge is 0.320 e. The van der Waals surface area contributed by atoms with Gasteiger partial charge in [0.15, 0.2) is 6.29 Å². The summed E-state index contributed by atoms with van der Waals surface area (Å²) in [6, 6.07) is -0.259. The monoisotopic (exact) mass is 266 g/mol. The summed E-state index contributed by atoms with van der Waals surface area (Å²) in [5.74, 6) is 0. The van der Waals surface area contributed by atoms with Crippen LogP contribution in [0.4, 0.5) is 9.80 Å². The SMILES string of the molecule is CC(C)(C)NC(=O)Nc1sc2c(c1C=O)CCC2. The van der Waals surface area contributed by atoms with E-state index >= 15 is 0 Å². The van der Waals surface area contributed by atoms with E-state index in [1.807, 2.05) is 20.8 Å². The van der Waals surface area contributed by atoms with Crippen molar-refractivity contribution in [3.63, 3.8) is 0 Å². The number of fused-ring (bicyclic) bond motifs is 1. The molecule has 4 nitrogen and oxygen atoms in total. The molecule has 98 valence electrons. The standard InChI is InChI=1S/C13H18N2O2S/c1-13(2,3)15-12(17)14-11-9(7-16)8-5-4-6-10(8)18-11/h7H,4-6H2,1-3H3,(H2,14,15,17). The fourth-order valence-corrected chi connectivity index (χ4v) is 3.37. The number of thiophene rings is 1. The molecule has 1 aliphatic carbocycles. The van der Waals surface area contributed by atoms with Gasteiger partial charge in [-0.05, 0) is 45.6 Å². The zero-order valence-corrected chi connectivity index (χ0v) is 11.7. The third-order valence-corrected chi connectivity index (χ3v) is 4.02. The highest BCUT2D eigenvalue weighted by molar-refractivity contribution is 7.17. The first-order valence-corrected chi connectivity index (χ1v) is 6.91. The first kappa shape index (κ1) is 13.1. The molecule has 0 atom stereocenters. The molecule has 2 N–H and O–H groups in total. The largest absolute Gasteiger partial charge is 0.333 e. The van der Waals surface area contributed by atoms with Gasteiger partial charge in [0.2, 0.25) is 0 Å². The molecule has 0 aliphatic heterocycles. The molecule has 18 heavy (non-hydrogen) atoms. The number of urea groups is 1. The van der Waals surface area contributed by atoms with E-state index in [4.69, 9.17) is 0 Å². The second-order valence-electron chi connectivity index (χ2n) is 5.55. The molecular weight excluding hydrogens is 248 g/mol. The van der Waals surface area contributed by atoms with Crippen molar-refractivity contribution in [3.05, 3.63) is 16.0 Å². The normalized spacial score (nSPS) is 14.2. The van der Waals surface area contributed by atoms with E-state index in [1.165, 1.54) is 16.2 Å². The lowest BCUT2D eigenvalue weighted by molar-refractivity contribution is 0.112. The number of carbonyl (C=O) groups excluding carboxylic acids is 2. The number of anilines is 1. The van der Waals surface area contributed by atoms with Gasteiger partial charge in [0.25, 0.3) is 0 Å². The minimum Gasteiger partial charge on any atom is -0.333 e. The Balaban J connectivity index is 2.15. The van der Waals surface area contributed by atoms with Gasteiger partial charge in [-0.3, -0.25) is 10.1 Å². The zero-order valence-electron chi connectivity index (χ0n) is 10.9. The average Bonchev–Trinajstić information content (AvgIpc) is 2.73. The number of rotatable bonds is 2. The van der Waals surface area contributed by atoms with Gasteiger partial charge in [-0.2, -0.15) is 0 Å². The lowest BCUT2D eigenvalue weighted by atomic mass is 10.1. The summed E-state index contributed by atoms with van der Waals surface area (Å²) in [5, 5.41) is 6.29. The highest BCUT2D eigenvalue weighted by Gasteiger charge is 2.23. The molecule has 1 aromatic heterocycles. The molecule has 0 bridgehead atoms. The Morgan fingerprint density at radius 1 is 1.33 bits per heavy atom. The third kappa shape index (κ3) is 2.72. The Morgan fingerprint density at radius 2 is 2.06 bits per heavy atom. The summed E-state index contributed by atoms with van der Waals surface area (Å²) in [6.45, 7) is 5.75. The van der Waals surface area contributed by atoms with Crippen molar-refractivity contribution in [2.75, 3.05) is 5.32 Å². The van der Waals surface area contributed by atoms with E-state index in [9.17, 15) is 9.59 Å². The second kappa shape index (κ2) is 4.72. The molecule has 0 spiro atoms. The van der Waals surface area contributed by atoms with Crippen LogP contribution in [-0.4, -0.2) is 17.9 Å². The first-order valence-electron chi connectivity index (χ1n) is 6.09. The summed E-state index contributed by atoms with van der Waals surface area (Å²) < 4.78 is 0. The number of carbonyl (C=O) groups is 2. The fourth-order valence-electron chi connectivity index (χ4n) is 2.12. The summed E-state index contributed by atoms with van der Waals surface area (Å²) in [6.07, 6.45) is 3.93. The van der Waals surface area contributed by atoms with Gasteiger partial charge in [-0.1, -0.05) is 0 Å². The molecule has 1 aliphatic rings. The van der Waals surface area contributed by atoms with E-state index in [-0.39, 0.29) is 11.6 Å². The van der Waals surface area contributed by atoms with Crippen molar-refractivity contribution in [1.82, 2.24) is 5.32 Å². The van der Waals surface area contributed by atoms with E-state index in [0.717, 1.165) is 31.1 Å². The lowest BCUT2D eigenvalue weighted by Crippen LogP contribution is -2.43. The molecular formula is C13H18N2O2S. The average molecular weight is 266 g/mol. The molecule has 1 heterocycles. The van der Waals surface area contributed by atoms with Crippen LogP contribution in [0.25, 0.3) is 0 Å². The van der Waals surface area contributed by atoms with E-state index in [0.29, 0.717) is 10.6 Å². The van der Waals surface area contributed by atoms with E-state index < -0.39 is 0 Å². The molecule has 0 radical (unpaired) electrons. The maximum Gasteiger partial charge on any atom is 0.320 e. The van der Waals surface area contributed by atoms with Crippen molar-refractivity contribution in [1.29, 1.82) is 0 Å². The van der Waals surface area contributed by atoms with E-state index in [1.54, 1.807) is 0 Å². The van der Waals surface area contributed by atoms with Crippen molar-refractivity contribution >= 4 is 28.7 Å². The van der Waals surface area contributed by atoms with Crippen LogP contribution in [0.2, 0.25) is 0 Å². The summed E-state index contributed by atoms with van der Waals surface area (Å²) in [7, 11) is 0. The maximum absolute atomic E-state index is 11.8. The Bertz CT molecular complexity index is 486. The molecule has 0 saturated carbocycles. The van der Waals surface area contributed by atoms with Gasteiger partial charge >= 0.3 is 6.03 Å². The van der Waals surface area contributed by atoms with Gasteiger partial charge in [-0.25, -0.2) is 4.79 Å². The van der Waals surface area contributed by atoms with E-state index in [2.05, 4.69) is 10.6 Å². The Hall–Kier alpha value is -1.36. The van der Waals surface area contributed by atoms with Gasteiger partial charge in [0.1, 0.15) is 5.00 Å². The lowest BCUT2D eigenvalue weighted by Gasteiger charge is -2.20. The van der Waals surface area contributed by atoms with Gasteiger partial charge in [0, 0.05) is 10.4 Å². The molecule has 1 aromatic rings. The molecule has 0 fully saturated rings. The van der Waals surface area contributed by atoms with Crippen LogP contribution in [0.5, 0.6) is 0 Å². The zero-order chi connectivity index (χ0) is 13.3. The number of hydrogen-bond donors (Lipinski definition) is 2.